The summed E-state index contributed by atoms with van der Waals surface area (Å²) in [6, 6.07) is 8.16. The van der Waals surface area contributed by atoms with Gasteiger partial charge in [-0.1, -0.05) is 31.7 Å². The minimum absolute atomic E-state index is 0.359. The van der Waals surface area contributed by atoms with E-state index in [0.29, 0.717) is 68.6 Å². The number of allylic oxidation sites excluding steroid dienone is 1. The monoisotopic (exact) mass is 642 g/mol. The first kappa shape index (κ1) is 39.3. The van der Waals surface area contributed by atoms with Gasteiger partial charge in [0.1, 0.15) is 5.69 Å². The van der Waals surface area contributed by atoms with E-state index >= 15 is 0 Å². The van der Waals surface area contributed by atoms with Crippen LogP contribution in [0.5, 0.6) is 0 Å². The summed E-state index contributed by atoms with van der Waals surface area (Å²) < 4.78 is 8.97. The standard InChI is InChI=1S/C28H38N8O2S.C2H7N.CH5NO/c1-5-6-7-18-39-34-24-10-8-23(9-11-24)26-32-27(35(4)13-12-31-20-22(21-37)19-29-2)25(30-3)28(33-26)36-14-16-38-17-15-36;1-3-2;1-2-3/h8-11,19-21,34H,2-3,5-7,12-18H2,1,4H3;3H,1-2H3;2-3H,1H3/b22-19+,31-20?;;. The maximum atomic E-state index is 11.1. The molecule has 0 spiro atoms. The topological polar surface area (TPSA) is 152 Å². The van der Waals surface area contributed by atoms with Crippen LogP contribution in [0.15, 0.2) is 51.0 Å². The smallest absolute Gasteiger partial charge is 0.164 e. The number of aldehydes is 1. The average Bonchev–Trinajstić information content (AvgIpc) is 3.06. The lowest BCUT2D eigenvalue weighted by molar-refractivity contribution is -0.104. The molecule has 1 aliphatic rings. The van der Waals surface area contributed by atoms with Gasteiger partial charge in [0.2, 0.25) is 0 Å². The van der Waals surface area contributed by atoms with Gasteiger partial charge in [0.25, 0.3) is 0 Å². The van der Waals surface area contributed by atoms with Crippen LogP contribution < -0.4 is 25.3 Å². The highest BCUT2D eigenvalue weighted by molar-refractivity contribution is 8.00. The normalized spacial score (nSPS) is 12.8. The number of morpholine rings is 1. The Hall–Kier alpha value is -3.69. The fourth-order valence-corrected chi connectivity index (χ4v) is 4.65. The summed E-state index contributed by atoms with van der Waals surface area (Å²) in [5, 5.41) is 10.1. The number of aromatic nitrogens is 2. The second-order valence-corrected chi connectivity index (χ2v) is 10.5. The molecule has 0 radical (unpaired) electrons. The first-order valence-corrected chi connectivity index (χ1v) is 15.8. The molecule has 2 heterocycles. The maximum Gasteiger partial charge on any atom is 0.164 e. The third-order valence-corrected chi connectivity index (χ3v) is 6.91. The van der Waals surface area contributed by atoms with Crippen LogP contribution in [0.2, 0.25) is 0 Å². The molecule has 0 amide bonds. The lowest BCUT2D eigenvalue weighted by Gasteiger charge is -2.30. The number of carbonyl (C=O) groups excluding carboxylic acids is 1. The number of rotatable bonds is 16. The molecule has 4 N–H and O–H groups in total. The van der Waals surface area contributed by atoms with Gasteiger partial charge in [-0.25, -0.2) is 15.4 Å². The van der Waals surface area contributed by atoms with Crippen LogP contribution in [-0.4, -0.2) is 114 Å². The molecule has 0 bridgehead atoms. The van der Waals surface area contributed by atoms with Crippen molar-refractivity contribution >= 4 is 60.9 Å². The van der Waals surface area contributed by atoms with Gasteiger partial charge in [-0.3, -0.25) is 19.8 Å². The van der Waals surface area contributed by atoms with Crippen LogP contribution in [-0.2, 0) is 9.53 Å². The molecule has 248 valence electrons. The Morgan fingerprint density at radius 2 is 1.82 bits per heavy atom. The molecule has 3 rings (SSSR count). The van der Waals surface area contributed by atoms with E-state index in [9.17, 15) is 4.79 Å². The van der Waals surface area contributed by atoms with Crippen LogP contribution in [0.1, 0.15) is 26.2 Å². The predicted octanol–water partition coefficient (Wildman–Crippen LogP) is 4.28. The molecule has 45 heavy (non-hydrogen) atoms. The number of unbranched alkanes of at least 4 members (excludes halogenated alkanes) is 2. The molecule has 1 fully saturated rings. The Morgan fingerprint density at radius 1 is 1.16 bits per heavy atom. The van der Waals surface area contributed by atoms with E-state index in [1.807, 2.05) is 50.3 Å². The molecule has 1 aromatic carbocycles. The van der Waals surface area contributed by atoms with Crippen LogP contribution in [0, 0.1) is 0 Å². The van der Waals surface area contributed by atoms with Gasteiger partial charge >= 0.3 is 0 Å². The van der Waals surface area contributed by atoms with Gasteiger partial charge in [0, 0.05) is 63.1 Å². The summed E-state index contributed by atoms with van der Waals surface area (Å²) >= 11 is 1.73. The molecule has 1 aliphatic heterocycles. The molecule has 0 unspecified atom stereocenters. The van der Waals surface area contributed by atoms with Crippen LogP contribution >= 0.6 is 11.9 Å². The highest BCUT2D eigenvalue weighted by Crippen LogP contribution is 2.37. The van der Waals surface area contributed by atoms with E-state index in [0.717, 1.165) is 22.8 Å². The number of aliphatic imine (C=N–C) groups is 3. The Bertz CT molecular complexity index is 1190. The van der Waals surface area contributed by atoms with Gasteiger partial charge < -0.3 is 29.8 Å². The van der Waals surface area contributed by atoms with Crippen LogP contribution in [0.4, 0.5) is 23.0 Å². The summed E-state index contributed by atoms with van der Waals surface area (Å²) in [4.78, 5) is 37.4. The molecule has 2 aromatic rings. The predicted molar refractivity (Wildman–Crippen MR) is 191 cm³/mol. The molecular weight excluding hydrogens is 592 g/mol. The number of carbonyl (C=O) groups is 1. The number of anilines is 3. The highest BCUT2D eigenvalue weighted by Gasteiger charge is 2.23. The second kappa shape index (κ2) is 24.6. The Kier molecular flexibility index (Phi) is 21.5. The average molecular weight is 643 g/mol. The van der Waals surface area contributed by atoms with Crippen molar-refractivity contribution in [1.82, 2.24) is 20.8 Å². The van der Waals surface area contributed by atoms with Crippen molar-refractivity contribution < 1.29 is 14.7 Å². The Balaban J connectivity index is 0.00000156. The number of hydrogen-bond donors (Lipinski definition) is 4. The summed E-state index contributed by atoms with van der Waals surface area (Å²) in [6.45, 7) is 13.1. The van der Waals surface area contributed by atoms with Crippen molar-refractivity contribution in [2.75, 3.05) is 87.9 Å². The van der Waals surface area contributed by atoms with Crippen molar-refractivity contribution in [3.05, 3.63) is 36.0 Å². The maximum absolute atomic E-state index is 11.1. The molecule has 13 nitrogen and oxygen atoms in total. The zero-order valence-corrected chi connectivity index (χ0v) is 28.1. The molecule has 0 saturated carbocycles. The van der Waals surface area contributed by atoms with Gasteiger partial charge in [-0.2, -0.15) is 0 Å². The minimum Gasteiger partial charge on any atom is -0.378 e. The minimum atomic E-state index is 0.359. The number of hydrogen-bond acceptors (Lipinski definition) is 14. The number of ether oxygens (including phenoxy) is 1. The fourth-order valence-electron chi connectivity index (χ4n) is 3.89. The van der Waals surface area contributed by atoms with E-state index in [4.69, 9.17) is 19.9 Å². The van der Waals surface area contributed by atoms with Crippen molar-refractivity contribution in [2.45, 2.75) is 26.2 Å². The largest absolute Gasteiger partial charge is 0.378 e. The molecule has 14 heteroatoms. The summed E-state index contributed by atoms with van der Waals surface area (Å²) in [5.74, 6) is 3.09. The molecular formula is C31H50N10O3S. The quantitative estimate of drug-likeness (QED) is 0.0518. The molecule has 0 aliphatic carbocycles. The number of nitrogens with zero attached hydrogens (tertiary/aromatic N) is 7. The van der Waals surface area contributed by atoms with Gasteiger partial charge in [0.05, 0.1) is 25.3 Å². The van der Waals surface area contributed by atoms with Crippen LogP contribution in [0.3, 0.4) is 0 Å². The summed E-state index contributed by atoms with van der Waals surface area (Å²) in [5.41, 5.74) is 4.69. The van der Waals surface area contributed by atoms with Gasteiger partial charge in [0.15, 0.2) is 23.7 Å². The SMILES string of the molecule is C=N/C=C(/C=O)C=NCCN(C)c1nc(-c2ccc(NSCCCCC)cc2)nc(N2CCOCC2)c1N=C.CNC.CNO. The summed E-state index contributed by atoms with van der Waals surface area (Å²) in [6.07, 6.45) is 7.23. The number of benzene rings is 1. The Morgan fingerprint density at radius 3 is 2.40 bits per heavy atom. The van der Waals surface area contributed by atoms with E-state index in [2.05, 4.69) is 50.3 Å². The van der Waals surface area contributed by atoms with Crippen LogP contribution in [0.25, 0.3) is 11.4 Å². The highest BCUT2D eigenvalue weighted by atomic mass is 32.2. The molecule has 1 aromatic heterocycles. The lowest BCUT2D eigenvalue weighted by atomic mass is 10.2. The van der Waals surface area contributed by atoms with Gasteiger partial charge in [-0.15, -0.1) is 0 Å². The third kappa shape index (κ3) is 14.8. The zero-order chi connectivity index (χ0) is 33.3. The van der Waals surface area contributed by atoms with Crippen molar-refractivity contribution in [1.29, 1.82) is 0 Å². The fraction of sp³-hybridized carbons (Fsp3) is 0.484. The molecule has 0 atom stereocenters. The first-order chi connectivity index (χ1) is 21.9. The third-order valence-electron chi connectivity index (χ3n) is 6.04. The zero-order valence-electron chi connectivity index (χ0n) is 27.3. The van der Waals surface area contributed by atoms with Crippen molar-refractivity contribution in [2.24, 2.45) is 15.0 Å². The van der Waals surface area contributed by atoms with Crippen molar-refractivity contribution in [3.8, 4) is 11.4 Å². The van der Waals surface area contributed by atoms with E-state index in [-0.39, 0.29) is 0 Å². The Labute approximate surface area is 272 Å². The summed E-state index contributed by atoms with van der Waals surface area (Å²) in [7, 11) is 7.12. The number of likely N-dealkylation sites (N-methyl/N-ethyl adjacent to an activating group) is 1. The lowest BCUT2D eigenvalue weighted by Crippen LogP contribution is -2.37. The molecule has 1 saturated heterocycles. The van der Waals surface area contributed by atoms with E-state index in [1.54, 1.807) is 17.4 Å². The number of nitrogens with one attached hydrogen (secondary N) is 3. The van der Waals surface area contributed by atoms with Gasteiger partial charge in [-0.05, 0) is 58.2 Å². The van der Waals surface area contributed by atoms with E-state index in [1.165, 1.54) is 38.7 Å². The second-order valence-electron chi connectivity index (χ2n) is 9.65. The number of hydroxylamine groups is 1. The van der Waals surface area contributed by atoms with E-state index < -0.39 is 0 Å². The van der Waals surface area contributed by atoms with Crippen molar-refractivity contribution in [3.63, 3.8) is 0 Å². The first-order valence-electron chi connectivity index (χ1n) is 14.9.